The number of hydrogen-bond donors (Lipinski definition) is 2. The van der Waals surface area contributed by atoms with Crippen LogP contribution in [-0.4, -0.2) is 19.0 Å². The van der Waals surface area contributed by atoms with E-state index in [1.54, 1.807) is 7.05 Å². The molecule has 0 aliphatic carbocycles. The van der Waals surface area contributed by atoms with Crippen molar-refractivity contribution in [3.8, 4) is 0 Å². The molecule has 0 bridgehead atoms. The largest absolute Gasteiger partial charge is 0.324 e. The third-order valence-electron chi connectivity index (χ3n) is 2.67. The summed E-state index contributed by atoms with van der Waals surface area (Å²) in [5.41, 5.74) is 2.07. The smallest absolute Gasteiger partial charge is 0.241 e. The second-order valence-electron chi connectivity index (χ2n) is 4.24. The second kappa shape index (κ2) is 5.66. The molecular formula is C13H20N2O. The molecular weight excluding hydrogens is 200 g/mol. The van der Waals surface area contributed by atoms with Gasteiger partial charge in [-0.3, -0.25) is 4.79 Å². The molecule has 0 radical (unpaired) electrons. The molecule has 3 heteroatoms. The van der Waals surface area contributed by atoms with Crippen molar-refractivity contribution in [3.05, 3.63) is 29.8 Å². The van der Waals surface area contributed by atoms with E-state index in [0.717, 1.165) is 5.69 Å². The van der Waals surface area contributed by atoms with Crippen molar-refractivity contribution < 1.29 is 4.79 Å². The summed E-state index contributed by atoms with van der Waals surface area (Å²) in [7, 11) is 1.78. The Balaban J connectivity index is 2.84. The molecule has 0 aliphatic heterocycles. The number of benzene rings is 1. The topological polar surface area (TPSA) is 41.1 Å². The third-order valence-corrected chi connectivity index (χ3v) is 2.67. The van der Waals surface area contributed by atoms with Gasteiger partial charge in [-0.05, 0) is 31.5 Å². The zero-order chi connectivity index (χ0) is 12.1. The van der Waals surface area contributed by atoms with Crippen LogP contribution in [0.25, 0.3) is 0 Å². The summed E-state index contributed by atoms with van der Waals surface area (Å²) in [4.78, 5) is 11.7. The fourth-order valence-electron chi connectivity index (χ4n) is 1.49. The van der Waals surface area contributed by atoms with Crippen molar-refractivity contribution in [1.82, 2.24) is 5.32 Å². The van der Waals surface area contributed by atoms with Gasteiger partial charge >= 0.3 is 0 Å². The summed E-state index contributed by atoms with van der Waals surface area (Å²) in [6.45, 7) is 6.08. The average molecular weight is 220 g/mol. The molecule has 1 unspecified atom stereocenters. The third kappa shape index (κ3) is 3.07. The van der Waals surface area contributed by atoms with Gasteiger partial charge in [-0.15, -0.1) is 0 Å². The summed E-state index contributed by atoms with van der Waals surface area (Å²) in [6.07, 6.45) is 0. The van der Waals surface area contributed by atoms with Crippen LogP contribution in [0.1, 0.15) is 32.3 Å². The van der Waals surface area contributed by atoms with Gasteiger partial charge in [0.1, 0.15) is 0 Å². The minimum Gasteiger partial charge on any atom is -0.324 e. The number of carbonyl (C=O) groups is 1. The van der Waals surface area contributed by atoms with Gasteiger partial charge < -0.3 is 10.6 Å². The highest BCUT2D eigenvalue weighted by Gasteiger charge is 2.13. The van der Waals surface area contributed by atoms with Crippen LogP contribution in [0.4, 0.5) is 5.69 Å². The van der Waals surface area contributed by atoms with Crippen LogP contribution in [0.5, 0.6) is 0 Å². The van der Waals surface area contributed by atoms with E-state index < -0.39 is 0 Å². The summed E-state index contributed by atoms with van der Waals surface area (Å²) in [5, 5.41) is 5.86. The number of amides is 1. The first-order valence-corrected chi connectivity index (χ1v) is 5.63. The lowest BCUT2D eigenvalue weighted by atomic mass is 10.0. The molecule has 0 aromatic heterocycles. The molecule has 3 nitrogen and oxygen atoms in total. The molecule has 1 rings (SSSR count). The minimum absolute atomic E-state index is 0.00407. The molecule has 16 heavy (non-hydrogen) atoms. The van der Waals surface area contributed by atoms with Gasteiger partial charge in [-0.2, -0.15) is 0 Å². The zero-order valence-corrected chi connectivity index (χ0v) is 10.4. The number of anilines is 1. The maximum Gasteiger partial charge on any atom is 0.241 e. The van der Waals surface area contributed by atoms with Crippen LogP contribution in [0.3, 0.4) is 0 Å². The van der Waals surface area contributed by atoms with E-state index in [9.17, 15) is 4.79 Å². The highest BCUT2D eigenvalue weighted by atomic mass is 16.2. The van der Waals surface area contributed by atoms with E-state index in [4.69, 9.17) is 0 Å². The van der Waals surface area contributed by atoms with Gasteiger partial charge in [0.05, 0.1) is 6.04 Å². The fraction of sp³-hybridized carbons (Fsp3) is 0.462. The van der Waals surface area contributed by atoms with Crippen LogP contribution >= 0.6 is 0 Å². The van der Waals surface area contributed by atoms with Crippen molar-refractivity contribution in [2.45, 2.75) is 32.7 Å². The SMILES string of the molecule is CNC(C)C(=O)Nc1ccccc1C(C)C. The average Bonchev–Trinajstić information content (AvgIpc) is 2.28. The Morgan fingerprint density at radius 2 is 1.81 bits per heavy atom. The monoisotopic (exact) mass is 220 g/mol. The van der Waals surface area contributed by atoms with Crippen LogP contribution in [0.2, 0.25) is 0 Å². The predicted octanol–water partition coefficient (Wildman–Crippen LogP) is 2.36. The van der Waals surface area contributed by atoms with Gasteiger partial charge in [0.2, 0.25) is 5.91 Å². The van der Waals surface area contributed by atoms with Crippen LogP contribution < -0.4 is 10.6 Å². The molecule has 2 N–H and O–H groups in total. The molecule has 1 amide bonds. The van der Waals surface area contributed by atoms with Crippen LogP contribution in [0.15, 0.2) is 24.3 Å². The molecule has 0 heterocycles. The molecule has 88 valence electrons. The lowest BCUT2D eigenvalue weighted by Gasteiger charge is -2.16. The molecule has 1 aromatic rings. The van der Waals surface area contributed by atoms with E-state index in [0.29, 0.717) is 5.92 Å². The number of carbonyl (C=O) groups excluding carboxylic acids is 1. The second-order valence-corrected chi connectivity index (χ2v) is 4.24. The molecule has 0 saturated carbocycles. The molecule has 0 saturated heterocycles. The van der Waals surface area contributed by atoms with Crippen molar-refractivity contribution in [1.29, 1.82) is 0 Å². The van der Waals surface area contributed by atoms with E-state index in [1.165, 1.54) is 5.56 Å². The van der Waals surface area contributed by atoms with E-state index >= 15 is 0 Å². The lowest BCUT2D eigenvalue weighted by Crippen LogP contribution is -2.35. The Hall–Kier alpha value is -1.35. The molecule has 0 fully saturated rings. The number of hydrogen-bond acceptors (Lipinski definition) is 2. The zero-order valence-electron chi connectivity index (χ0n) is 10.4. The Bertz CT molecular complexity index is 361. The molecule has 1 atom stereocenters. The maximum absolute atomic E-state index is 11.7. The molecule has 1 aromatic carbocycles. The fourth-order valence-corrected chi connectivity index (χ4v) is 1.49. The van der Waals surface area contributed by atoms with Crippen molar-refractivity contribution in [2.75, 3.05) is 12.4 Å². The first kappa shape index (κ1) is 12.7. The predicted molar refractivity (Wildman–Crippen MR) is 67.7 cm³/mol. The number of para-hydroxylation sites is 1. The Labute approximate surface area is 97.2 Å². The minimum atomic E-state index is -0.180. The molecule has 0 spiro atoms. The summed E-state index contributed by atoms with van der Waals surface area (Å²) in [6, 6.07) is 7.73. The first-order chi connectivity index (χ1) is 7.56. The van der Waals surface area contributed by atoms with Crippen molar-refractivity contribution in [2.24, 2.45) is 0 Å². The van der Waals surface area contributed by atoms with E-state index in [2.05, 4.69) is 24.5 Å². The highest BCUT2D eigenvalue weighted by molar-refractivity contribution is 5.95. The highest BCUT2D eigenvalue weighted by Crippen LogP contribution is 2.23. The Morgan fingerprint density at radius 1 is 1.19 bits per heavy atom. The van der Waals surface area contributed by atoms with Crippen LogP contribution in [-0.2, 0) is 4.79 Å². The lowest BCUT2D eigenvalue weighted by molar-refractivity contribution is -0.117. The standard InChI is InChI=1S/C13H20N2O/c1-9(2)11-7-5-6-8-12(11)15-13(16)10(3)14-4/h5-10,14H,1-4H3,(H,15,16). The number of likely N-dealkylation sites (N-methyl/N-ethyl adjacent to an activating group) is 1. The normalized spacial score (nSPS) is 12.6. The van der Waals surface area contributed by atoms with Crippen molar-refractivity contribution in [3.63, 3.8) is 0 Å². The molecule has 0 aliphatic rings. The van der Waals surface area contributed by atoms with Gasteiger partial charge in [-0.25, -0.2) is 0 Å². The van der Waals surface area contributed by atoms with E-state index in [-0.39, 0.29) is 11.9 Å². The Morgan fingerprint density at radius 3 is 2.38 bits per heavy atom. The quantitative estimate of drug-likeness (QED) is 0.818. The summed E-state index contributed by atoms with van der Waals surface area (Å²) < 4.78 is 0. The van der Waals surface area contributed by atoms with Crippen molar-refractivity contribution >= 4 is 11.6 Å². The van der Waals surface area contributed by atoms with Crippen LogP contribution in [0, 0.1) is 0 Å². The summed E-state index contributed by atoms with van der Waals surface area (Å²) in [5.74, 6) is 0.400. The van der Waals surface area contributed by atoms with Gasteiger partial charge in [0.25, 0.3) is 0 Å². The maximum atomic E-state index is 11.7. The van der Waals surface area contributed by atoms with E-state index in [1.807, 2.05) is 31.2 Å². The number of rotatable bonds is 4. The van der Waals surface area contributed by atoms with Gasteiger partial charge in [0, 0.05) is 5.69 Å². The van der Waals surface area contributed by atoms with Gasteiger partial charge in [0.15, 0.2) is 0 Å². The van der Waals surface area contributed by atoms with Gasteiger partial charge in [-0.1, -0.05) is 32.0 Å². The first-order valence-electron chi connectivity index (χ1n) is 5.63. The summed E-state index contributed by atoms with van der Waals surface area (Å²) >= 11 is 0. The number of nitrogens with one attached hydrogen (secondary N) is 2. The Kier molecular flexibility index (Phi) is 4.50.